The minimum Gasteiger partial charge on any atom is -0.507 e. The Hall–Kier alpha value is -0.290. The molecule has 0 radical (unpaired) electrons. The van der Waals surface area contributed by atoms with Crippen molar-refractivity contribution < 1.29 is 5.11 Å². The highest BCUT2D eigenvalue weighted by Crippen LogP contribution is 2.20. The van der Waals surface area contributed by atoms with Crippen molar-refractivity contribution in [2.24, 2.45) is 5.73 Å². The van der Waals surface area contributed by atoms with Gasteiger partial charge in [-0.3, -0.25) is 0 Å². The third kappa shape index (κ3) is 2.64. The van der Waals surface area contributed by atoms with Gasteiger partial charge in [0.25, 0.3) is 0 Å². The van der Waals surface area contributed by atoms with Crippen molar-refractivity contribution >= 4 is 22.6 Å². The maximum atomic E-state index is 9.36. The lowest BCUT2D eigenvalue weighted by molar-refractivity contribution is 0.470. The number of hydrogen-bond acceptors (Lipinski definition) is 2. The molecule has 1 atom stereocenters. The van der Waals surface area contributed by atoms with Crippen LogP contribution in [-0.2, 0) is 6.42 Å². The molecule has 0 aliphatic heterocycles. The van der Waals surface area contributed by atoms with E-state index in [2.05, 4.69) is 22.6 Å². The molecule has 12 heavy (non-hydrogen) atoms. The smallest absolute Gasteiger partial charge is 0.129 e. The summed E-state index contributed by atoms with van der Waals surface area (Å²) in [5.41, 5.74) is 6.72. The highest BCUT2D eigenvalue weighted by Gasteiger charge is 2.01. The van der Waals surface area contributed by atoms with E-state index in [0.29, 0.717) is 5.75 Å². The molecule has 1 rings (SSSR count). The zero-order valence-corrected chi connectivity index (χ0v) is 9.08. The normalized spacial score (nSPS) is 12.9. The number of halogens is 1. The molecule has 1 aromatic carbocycles. The van der Waals surface area contributed by atoms with Crippen molar-refractivity contribution in [1.82, 2.24) is 0 Å². The largest absolute Gasteiger partial charge is 0.507 e. The summed E-state index contributed by atoms with van der Waals surface area (Å²) >= 11 is 2.09. The van der Waals surface area contributed by atoms with Crippen molar-refractivity contribution in [2.45, 2.75) is 19.4 Å². The lowest BCUT2D eigenvalue weighted by Gasteiger charge is -2.05. The topological polar surface area (TPSA) is 46.2 Å². The molecular formula is C9H12INO. The van der Waals surface area contributed by atoms with Crippen molar-refractivity contribution in [3.8, 4) is 5.75 Å². The minimum absolute atomic E-state index is 0.143. The van der Waals surface area contributed by atoms with Gasteiger partial charge in [0.05, 0.1) is 3.57 Å². The van der Waals surface area contributed by atoms with E-state index in [9.17, 15) is 5.11 Å². The fourth-order valence-corrected chi connectivity index (χ4v) is 1.39. The number of aromatic hydroxyl groups is 1. The van der Waals surface area contributed by atoms with E-state index in [-0.39, 0.29) is 6.04 Å². The van der Waals surface area contributed by atoms with Gasteiger partial charge in [-0.2, -0.15) is 0 Å². The van der Waals surface area contributed by atoms with Crippen LogP contribution in [-0.4, -0.2) is 11.1 Å². The second-order valence-corrected chi connectivity index (χ2v) is 4.13. The highest BCUT2D eigenvalue weighted by atomic mass is 127. The van der Waals surface area contributed by atoms with Gasteiger partial charge < -0.3 is 10.8 Å². The maximum absolute atomic E-state index is 9.36. The van der Waals surface area contributed by atoms with Crippen LogP contribution in [0.5, 0.6) is 5.75 Å². The SMILES string of the molecule is CC(N)Cc1ccc(I)c(O)c1. The number of phenolic OH excluding ortho intramolecular Hbond substituents is 1. The Labute approximate surface area is 85.9 Å². The second-order valence-electron chi connectivity index (χ2n) is 2.97. The summed E-state index contributed by atoms with van der Waals surface area (Å²) in [4.78, 5) is 0. The molecule has 2 nitrogen and oxygen atoms in total. The van der Waals surface area contributed by atoms with Gasteiger partial charge in [-0.25, -0.2) is 0 Å². The Morgan fingerprint density at radius 2 is 2.25 bits per heavy atom. The van der Waals surface area contributed by atoms with Crippen molar-refractivity contribution in [3.05, 3.63) is 27.3 Å². The molecule has 0 bridgehead atoms. The first-order chi connectivity index (χ1) is 5.59. The molecule has 0 saturated carbocycles. The van der Waals surface area contributed by atoms with Gasteiger partial charge in [0.1, 0.15) is 5.75 Å². The molecule has 1 aromatic rings. The Kier molecular flexibility index (Phi) is 3.34. The van der Waals surface area contributed by atoms with Crippen LogP contribution in [0.1, 0.15) is 12.5 Å². The van der Waals surface area contributed by atoms with Gasteiger partial charge in [-0.15, -0.1) is 0 Å². The zero-order valence-electron chi connectivity index (χ0n) is 6.92. The second kappa shape index (κ2) is 4.09. The summed E-state index contributed by atoms with van der Waals surface area (Å²) in [5.74, 6) is 0.341. The Balaban J connectivity index is 2.82. The van der Waals surface area contributed by atoms with Crippen LogP contribution in [0.4, 0.5) is 0 Å². The Bertz CT molecular complexity index is 273. The van der Waals surface area contributed by atoms with E-state index in [1.54, 1.807) is 6.07 Å². The number of rotatable bonds is 2. The summed E-state index contributed by atoms with van der Waals surface area (Å²) in [5, 5.41) is 9.36. The average Bonchev–Trinajstić information content (AvgIpc) is 1.96. The molecule has 66 valence electrons. The molecule has 1 unspecified atom stereocenters. The molecule has 0 aliphatic rings. The van der Waals surface area contributed by atoms with Crippen LogP contribution >= 0.6 is 22.6 Å². The molecule has 3 heteroatoms. The monoisotopic (exact) mass is 277 g/mol. The standard InChI is InChI=1S/C9H12INO/c1-6(11)4-7-2-3-8(10)9(12)5-7/h2-3,5-6,12H,4,11H2,1H3. The van der Waals surface area contributed by atoms with E-state index in [1.807, 2.05) is 19.1 Å². The van der Waals surface area contributed by atoms with Crippen molar-refractivity contribution in [1.29, 1.82) is 0 Å². The highest BCUT2D eigenvalue weighted by molar-refractivity contribution is 14.1. The zero-order chi connectivity index (χ0) is 9.14. The number of hydrogen-bond donors (Lipinski definition) is 2. The summed E-state index contributed by atoms with van der Waals surface area (Å²) in [6, 6.07) is 5.80. The van der Waals surface area contributed by atoms with E-state index in [4.69, 9.17) is 5.73 Å². The van der Waals surface area contributed by atoms with Gasteiger partial charge in [0, 0.05) is 6.04 Å². The molecule has 0 saturated heterocycles. The van der Waals surface area contributed by atoms with Gasteiger partial charge in [-0.1, -0.05) is 6.07 Å². The molecule has 0 aromatic heterocycles. The summed E-state index contributed by atoms with van der Waals surface area (Å²) < 4.78 is 0.876. The van der Waals surface area contributed by atoms with Crippen LogP contribution in [0.15, 0.2) is 18.2 Å². The molecule has 0 fully saturated rings. The lowest BCUT2D eigenvalue weighted by Crippen LogP contribution is -2.17. The fraction of sp³-hybridized carbons (Fsp3) is 0.333. The van der Waals surface area contributed by atoms with Gasteiger partial charge >= 0.3 is 0 Å². The third-order valence-electron chi connectivity index (χ3n) is 1.57. The summed E-state index contributed by atoms with van der Waals surface area (Å²) in [6.07, 6.45) is 0.810. The Morgan fingerprint density at radius 1 is 1.58 bits per heavy atom. The van der Waals surface area contributed by atoms with Gasteiger partial charge in [0.15, 0.2) is 0 Å². The predicted octanol–water partition coefficient (Wildman–Crippen LogP) is 1.89. The van der Waals surface area contributed by atoms with E-state index in [0.717, 1.165) is 15.6 Å². The number of phenols is 1. The minimum atomic E-state index is 0.143. The first-order valence-corrected chi connectivity index (χ1v) is 4.90. The molecule has 0 spiro atoms. The molecule has 3 N–H and O–H groups in total. The van der Waals surface area contributed by atoms with Gasteiger partial charge in [0.2, 0.25) is 0 Å². The summed E-state index contributed by atoms with van der Waals surface area (Å²) in [7, 11) is 0. The number of nitrogens with two attached hydrogens (primary N) is 1. The molecular weight excluding hydrogens is 265 g/mol. The maximum Gasteiger partial charge on any atom is 0.129 e. The summed E-state index contributed by atoms with van der Waals surface area (Å²) in [6.45, 7) is 1.95. The van der Waals surface area contributed by atoms with E-state index >= 15 is 0 Å². The average molecular weight is 277 g/mol. The first kappa shape index (κ1) is 9.80. The van der Waals surface area contributed by atoms with Crippen LogP contribution in [0.25, 0.3) is 0 Å². The van der Waals surface area contributed by atoms with E-state index < -0.39 is 0 Å². The molecule has 0 aliphatic carbocycles. The number of benzene rings is 1. The van der Waals surface area contributed by atoms with Gasteiger partial charge in [-0.05, 0) is 53.6 Å². The predicted molar refractivity (Wildman–Crippen MR) is 58.2 cm³/mol. The Morgan fingerprint density at radius 3 is 2.75 bits per heavy atom. The molecule has 0 heterocycles. The third-order valence-corrected chi connectivity index (χ3v) is 2.48. The lowest BCUT2D eigenvalue weighted by atomic mass is 10.1. The first-order valence-electron chi connectivity index (χ1n) is 3.82. The van der Waals surface area contributed by atoms with Crippen LogP contribution < -0.4 is 5.73 Å². The van der Waals surface area contributed by atoms with Crippen molar-refractivity contribution in [2.75, 3.05) is 0 Å². The quantitative estimate of drug-likeness (QED) is 0.811. The van der Waals surface area contributed by atoms with Crippen molar-refractivity contribution in [3.63, 3.8) is 0 Å². The fourth-order valence-electron chi connectivity index (χ4n) is 1.06. The van der Waals surface area contributed by atoms with E-state index in [1.165, 1.54) is 0 Å². The molecule has 0 amide bonds. The van der Waals surface area contributed by atoms with Crippen LogP contribution in [0.2, 0.25) is 0 Å². The van der Waals surface area contributed by atoms with Crippen LogP contribution in [0, 0.1) is 3.57 Å². The van der Waals surface area contributed by atoms with Crippen LogP contribution in [0.3, 0.4) is 0 Å².